The number of carbonyl (C=O) groups is 4. The van der Waals surface area contributed by atoms with E-state index in [2.05, 4.69) is 167 Å². The molecule has 0 rings (SSSR count). The van der Waals surface area contributed by atoms with Crippen molar-refractivity contribution >= 4 is 39.5 Å². The highest BCUT2D eigenvalue weighted by Gasteiger charge is 2.30. The van der Waals surface area contributed by atoms with Crippen molar-refractivity contribution in [2.75, 3.05) is 39.6 Å². The molecule has 5 unspecified atom stereocenters. The summed E-state index contributed by atoms with van der Waals surface area (Å²) in [5.74, 6) is -2.34. The first kappa shape index (κ1) is 96.7. The van der Waals surface area contributed by atoms with E-state index < -0.39 is 97.5 Å². The third kappa shape index (κ3) is 73.0. The van der Waals surface area contributed by atoms with Crippen molar-refractivity contribution in [3.63, 3.8) is 0 Å². The van der Waals surface area contributed by atoms with Gasteiger partial charge in [-0.3, -0.25) is 37.3 Å². The fraction of sp³-hybridized carbons (Fsp3) is 0.639. The molecule has 0 radical (unpaired) electrons. The number of phosphoric ester groups is 2. The smallest absolute Gasteiger partial charge is 0.462 e. The number of hydrogen-bond acceptors (Lipinski definition) is 15. The molecule has 17 nitrogen and oxygen atoms in total. The van der Waals surface area contributed by atoms with E-state index in [0.29, 0.717) is 32.1 Å². The van der Waals surface area contributed by atoms with Gasteiger partial charge in [-0.2, -0.15) is 0 Å². The van der Waals surface area contributed by atoms with Gasteiger partial charge in [-0.25, -0.2) is 9.13 Å². The first-order chi connectivity index (χ1) is 49.7. The van der Waals surface area contributed by atoms with Crippen molar-refractivity contribution in [1.82, 2.24) is 0 Å². The van der Waals surface area contributed by atoms with Crippen LogP contribution in [0.3, 0.4) is 0 Å². The van der Waals surface area contributed by atoms with Crippen LogP contribution in [0.2, 0.25) is 0 Å². The Morgan fingerprint density at radius 1 is 0.284 bits per heavy atom. The molecule has 5 atom stereocenters. The summed E-state index contributed by atoms with van der Waals surface area (Å²) < 4.78 is 68.4. The van der Waals surface area contributed by atoms with Crippen LogP contribution in [0.15, 0.2) is 158 Å². The summed E-state index contributed by atoms with van der Waals surface area (Å²) in [5, 5.41) is 10.6. The van der Waals surface area contributed by atoms with Gasteiger partial charge < -0.3 is 33.8 Å². The van der Waals surface area contributed by atoms with E-state index in [9.17, 15) is 43.2 Å². The molecule has 0 bridgehead atoms. The Hall–Kier alpha value is -5.32. The highest BCUT2D eigenvalue weighted by molar-refractivity contribution is 7.47. The second-order valence-corrected chi connectivity index (χ2v) is 28.1. The van der Waals surface area contributed by atoms with Crippen LogP contribution in [0.4, 0.5) is 0 Å². The zero-order valence-corrected chi connectivity index (χ0v) is 65.0. The van der Waals surface area contributed by atoms with E-state index in [4.69, 9.17) is 37.0 Å². The van der Waals surface area contributed by atoms with E-state index in [1.807, 2.05) is 18.2 Å². The lowest BCUT2D eigenvalue weighted by Gasteiger charge is -2.21. The summed E-state index contributed by atoms with van der Waals surface area (Å²) in [6.07, 6.45) is 85.3. The fourth-order valence-electron chi connectivity index (χ4n) is 9.62. The van der Waals surface area contributed by atoms with Crippen LogP contribution in [0, 0.1) is 0 Å². The number of hydrogen-bond donors (Lipinski definition) is 3. The van der Waals surface area contributed by atoms with Crippen molar-refractivity contribution in [2.24, 2.45) is 0 Å². The zero-order valence-electron chi connectivity index (χ0n) is 63.2. The lowest BCUT2D eigenvalue weighted by Crippen LogP contribution is -2.30. The van der Waals surface area contributed by atoms with Gasteiger partial charge in [-0.15, -0.1) is 0 Å². The molecule has 0 saturated carbocycles. The lowest BCUT2D eigenvalue weighted by atomic mass is 10.1. The van der Waals surface area contributed by atoms with Crippen molar-refractivity contribution in [2.45, 2.75) is 303 Å². The number of carbonyl (C=O) groups excluding carboxylic acids is 4. The third-order valence-corrected chi connectivity index (χ3v) is 17.4. The molecular weight excluding hydrogens is 1330 g/mol. The van der Waals surface area contributed by atoms with Gasteiger partial charge in [0.15, 0.2) is 12.2 Å². The van der Waals surface area contributed by atoms with Gasteiger partial charge in [-0.1, -0.05) is 263 Å². The molecule has 0 fully saturated rings. The molecule has 0 aromatic heterocycles. The van der Waals surface area contributed by atoms with Crippen molar-refractivity contribution < 1.29 is 80.2 Å². The van der Waals surface area contributed by atoms with Crippen molar-refractivity contribution in [1.29, 1.82) is 0 Å². The molecule has 0 amide bonds. The van der Waals surface area contributed by atoms with E-state index in [0.717, 1.165) is 173 Å². The van der Waals surface area contributed by atoms with Gasteiger partial charge in [0.05, 0.1) is 26.4 Å². The first-order valence-corrected chi connectivity index (χ1v) is 41.7. The summed E-state index contributed by atoms with van der Waals surface area (Å²) in [6, 6.07) is 0. The molecule has 0 heterocycles. The molecule has 19 heteroatoms. The number of aliphatic hydroxyl groups is 1. The van der Waals surface area contributed by atoms with Crippen molar-refractivity contribution in [3.05, 3.63) is 158 Å². The highest BCUT2D eigenvalue weighted by atomic mass is 31.2. The molecule has 0 aliphatic carbocycles. The molecule has 0 aromatic rings. The third-order valence-electron chi connectivity index (χ3n) is 15.5. The van der Waals surface area contributed by atoms with Crippen LogP contribution in [0.25, 0.3) is 0 Å². The Labute approximate surface area is 617 Å². The summed E-state index contributed by atoms with van der Waals surface area (Å²) in [6.45, 7) is 4.41. The van der Waals surface area contributed by atoms with Gasteiger partial charge in [0, 0.05) is 25.7 Å². The predicted molar refractivity (Wildman–Crippen MR) is 417 cm³/mol. The Balaban J connectivity index is 5.47. The topological polar surface area (TPSA) is 237 Å². The molecule has 0 aromatic carbocycles. The summed E-state index contributed by atoms with van der Waals surface area (Å²) in [7, 11) is -10.00. The van der Waals surface area contributed by atoms with Crippen LogP contribution in [-0.4, -0.2) is 96.7 Å². The zero-order chi connectivity index (χ0) is 74.6. The predicted octanol–water partition coefficient (Wildman–Crippen LogP) is 22.4. The molecule has 0 aliphatic rings. The minimum Gasteiger partial charge on any atom is -0.462 e. The van der Waals surface area contributed by atoms with Gasteiger partial charge in [0.25, 0.3) is 0 Å². The maximum atomic E-state index is 13.1. The number of aliphatic hydroxyl groups excluding tert-OH is 1. The van der Waals surface area contributed by atoms with Gasteiger partial charge in [0.2, 0.25) is 0 Å². The van der Waals surface area contributed by atoms with E-state index in [-0.39, 0.29) is 25.7 Å². The number of unbranched alkanes of at least 4 members (excludes halogenated alkanes) is 19. The number of rotatable bonds is 71. The Morgan fingerprint density at radius 2 is 0.549 bits per heavy atom. The van der Waals surface area contributed by atoms with E-state index in [1.165, 1.54) is 25.7 Å². The Morgan fingerprint density at radius 3 is 0.892 bits per heavy atom. The van der Waals surface area contributed by atoms with E-state index >= 15 is 0 Å². The quantitative estimate of drug-likeness (QED) is 0.0169. The van der Waals surface area contributed by atoms with Crippen LogP contribution in [-0.2, 0) is 65.4 Å². The summed E-state index contributed by atoms with van der Waals surface area (Å²) in [5.41, 5.74) is 0. The van der Waals surface area contributed by atoms with Gasteiger partial charge in [0.1, 0.15) is 19.3 Å². The second kappa shape index (κ2) is 74.0. The van der Waals surface area contributed by atoms with Gasteiger partial charge >= 0.3 is 39.5 Å². The SMILES string of the molecule is CC/C=C\C/C=C\C/C=C\C/C=C\C/C=C\C/C=C\CCC(=O)OCC(COP(=O)(O)OCC(O)COP(=O)(O)OCC(COC(=O)CCCCCCC/C=C\C/C=C\CCC)OC(=O)CCCCCCC/C=C\CCCCCC)OC(=O)CCCCCC/C=C\C/C=C\C/C=C\C/C=C\CC. The van der Waals surface area contributed by atoms with Crippen LogP contribution >= 0.6 is 15.6 Å². The van der Waals surface area contributed by atoms with Crippen LogP contribution < -0.4 is 0 Å². The normalized spacial score (nSPS) is 14.8. The van der Waals surface area contributed by atoms with E-state index in [1.54, 1.807) is 0 Å². The fourth-order valence-corrected chi connectivity index (χ4v) is 11.2. The standard InChI is InChI=1S/C83H136O17P2/c1-5-9-13-17-21-25-29-33-35-37-38-40-41-45-48-52-56-60-64-68-81(86)94-74-79(100-83(88)70-66-62-58-54-50-46-42-39-36-34-30-26-22-18-14-10-6-2)76-98-102(91,92)96-72-77(84)71-95-101(89,90)97-75-78(99-82(87)69-65-61-57-53-49-44-32-28-24-20-16-12-8-4)73-93-80(85)67-63-59-55-51-47-43-31-27-23-19-15-11-7-3/h9-10,13-15,19,21-22,25-28,31-36,38,40,42,45-46,48,56,60,77-79,84H,5-8,11-12,16-18,20,23-24,29-30,37,39,41,43-44,47,49-55,57-59,61-76H2,1-4H3,(H,89,90)(H,91,92)/b13-9-,14-10-,19-15-,25-21-,26-22-,31-27-,32-28-,35-33-,36-34-,40-38-,46-42-,48-45-,60-56-. The Bertz CT molecular complexity index is 2550. The lowest BCUT2D eigenvalue weighted by molar-refractivity contribution is -0.161. The molecule has 0 saturated heterocycles. The maximum absolute atomic E-state index is 13.1. The molecular formula is C83H136O17P2. The number of esters is 4. The number of allylic oxidation sites excluding steroid dienone is 26. The number of ether oxygens (including phenoxy) is 4. The Kier molecular flexibility index (Phi) is 70.1. The number of phosphoric acid groups is 2. The van der Waals surface area contributed by atoms with Crippen LogP contribution in [0.1, 0.15) is 285 Å². The average molecular weight is 1470 g/mol. The van der Waals surface area contributed by atoms with Crippen molar-refractivity contribution in [3.8, 4) is 0 Å². The second-order valence-electron chi connectivity index (χ2n) is 25.2. The minimum atomic E-state index is -5.01. The summed E-state index contributed by atoms with van der Waals surface area (Å²) >= 11 is 0. The maximum Gasteiger partial charge on any atom is 0.472 e. The minimum absolute atomic E-state index is 0.0248. The highest BCUT2D eigenvalue weighted by Crippen LogP contribution is 2.45. The molecule has 0 aliphatic heterocycles. The largest absolute Gasteiger partial charge is 0.472 e. The molecule has 3 N–H and O–H groups in total. The monoisotopic (exact) mass is 1470 g/mol. The molecule has 0 spiro atoms. The van der Waals surface area contributed by atoms with Gasteiger partial charge in [-0.05, 0) is 154 Å². The van der Waals surface area contributed by atoms with Crippen LogP contribution in [0.5, 0.6) is 0 Å². The summed E-state index contributed by atoms with van der Waals surface area (Å²) in [4.78, 5) is 72.9. The molecule has 102 heavy (non-hydrogen) atoms. The average Bonchev–Trinajstić information content (AvgIpc) is 0.923. The first-order valence-electron chi connectivity index (χ1n) is 38.7. The molecule has 580 valence electrons.